The standard InChI is InChI=1S/C16H20N4O/c21-16(14-3-1-2-12-4-5-18-15(12)14)20-8-6-19(7-9-20)13-10-17-11-13/h1-5,13,17-18H,6-11H2. The summed E-state index contributed by atoms with van der Waals surface area (Å²) >= 11 is 0. The Morgan fingerprint density at radius 1 is 1.10 bits per heavy atom. The third-order valence-electron chi connectivity index (χ3n) is 4.70. The van der Waals surface area contributed by atoms with Gasteiger partial charge in [0.05, 0.1) is 11.1 Å². The normalized spacial score (nSPS) is 20.7. The van der Waals surface area contributed by atoms with Gasteiger partial charge in [-0.05, 0) is 12.1 Å². The molecule has 3 heterocycles. The zero-order valence-electron chi connectivity index (χ0n) is 12.0. The zero-order chi connectivity index (χ0) is 14.2. The molecule has 0 saturated carbocycles. The van der Waals surface area contributed by atoms with Crippen molar-refractivity contribution in [3.8, 4) is 0 Å². The summed E-state index contributed by atoms with van der Waals surface area (Å²) < 4.78 is 0. The van der Waals surface area contributed by atoms with Gasteiger partial charge in [-0.3, -0.25) is 9.69 Å². The summed E-state index contributed by atoms with van der Waals surface area (Å²) in [5.74, 6) is 0.148. The van der Waals surface area contributed by atoms with E-state index in [0.717, 1.165) is 55.7 Å². The second kappa shape index (κ2) is 5.16. The van der Waals surface area contributed by atoms with Gasteiger partial charge in [-0.2, -0.15) is 0 Å². The van der Waals surface area contributed by atoms with Crippen LogP contribution in [-0.4, -0.2) is 66.0 Å². The van der Waals surface area contributed by atoms with E-state index in [-0.39, 0.29) is 5.91 Å². The van der Waals surface area contributed by atoms with Crippen molar-refractivity contribution >= 4 is 16.8 Å². The molecule has 110 valence electrons. The van der Waals surface area contributed by atoms with Crippen LogP contribution in [-0.2, 0) is 0 Å². The van der Waals surface area contributed by atoms with Crippen molar-refractivity contribution in [2.24, 2.45) is 0 Å². The lowest BCUT2D eigenvalue weighted by Crippen LogP contribution is -2.62. The summed E-state index contributed by atoms with van der Waals surface area (Å²) in [5.41, 5.74) is 1.74. The molecular formula is C16H20N4O. The summed E-state index contributed by atoms with van der Waals surface area (Å²) in [4.78, 5) is 20.4. The minimum absolute atomic E-state index is 0.148. The number of carbonyl (C=O) groups is 1. The van der Waals surface area contributed by atoms with Crippen LogP contribution in [0, 0.1) is 0 Å². The number of aromatic amines is 1. The third kappa shape index (κ3) is 2.22. The van der Waals surface area contributed by atoms with Gasteiger partial charge in [0.25, 0.3) is 5.91 Å². The molecule has 21 heavy (non-hydrogen) atoms. The van der Waals surface area contributed by atoms with Crippen LogP contribution in [0.3, 0.4) is 0 Å². The lowest BCUT2D eigenvalue weighted by Gasteiger charge is -2.43. The molecule has 0 bridgehead atoms. The summed E-state index contributed by atoms with van der Waals surface area (Å²) in [5, 5.41) is 4.41. The van der Waals surface area contributed by atoms with E-state index in [1.807, 2.05) is 35.4 Å². The Labute approximate surface area is 123 Å². The van der Waals surface area contributed by atoms with Crippen molar-refractivity contribution < 1.29 is 4.79 Å². The van der Waals surface area contributed by atoms with E-state index >= 15 is 0 Å². The molecule has 2 aliphatic rings. The Kier molecular flexibility index (Phi) is 3.16. The third-order valence-corrected chi connectivity index (χ3v) is 4.70. The number of carbonyl (C=O) groups excluding carboxylic acids is 1. The van der Waals surface area contributed by atoms with Crippen molar-refractivity contribution in [3.05, 3.63) is 36.0 Å². The number of para-hydroxylation sites is 1. The smallest absolute Gasteiger partial charge is 0.256 e. The van der Waals surface area contributed by atoms with Crippen molar-refractivity contribution in [3.63, 3.8) is 0 Å². The number of piperazine rings is 1. The highest BCUT2D eigenvalue weighted by Crippen LogP contribution is 2.20. The Morgan fingerprint density at radius 2 is 1.90 bits per heavy atom. The number of benzene rings is 1. The van der Waals surface area contributed by atoms with Gasteiger partial charge in [-0.15, -0.1) is 0 Å². The fourth-order valence-electron chi connectivity index (χ4n) is 3.26. The predicted molar refractivity (Wildman–Crippen MR) is 82.4 cm³/mol. The van der Waals surface area contributed by atoms with Crippen LogP contribution in [0.2, 0.25) is 0 Å². The molecule has 2 aromatic rings. The molecular weight excluding hydrogens is 264 g/mol. The number of rotatable bonds is 2. The van der Waals surface area contributed by atoms with Crippen LogP contribution in [0.25, 0.3) is 10.9 Å². The van der Waals surface area contributed by atoms with E-state index in [1.165, 1.54) is 0 Å². The molecule has 0 atom stereocenters. The van der Waals surface area contributed by atoms with Crippen LogP contribution in [0.1, 0.15) is 10.4 Å². The Balaban J connectivity index is 1.49. The average Bonchev–Trinajstić information content (AvgIpc) is 2.94. The molecule has 2 N–H and O–H groups in total. The highest BCUT2D eigenvalue weighted by Gasteiger charge is 2.29. The quantitative estimate of drug-likeness (QED) is 0.861. The van der Waals surface area contributed by atoms with Crippen molar-refractivity contribution in [1.29, 1.82) is 0 Å². The van der Waals surface area contributed by atoms with E-state index in [0.29, 0.717) is 6.04 Å². The molecule has 0 unspecified atom stereocenters. The molecule has 1 aromatic heterocycles. The number of amides is 1. The molecule has 5 nitrogen and oxygen atoms in total. The highest BCUT2D eigenvalue weighted by atomic mass is 16.2. The Bertz CT molecular complexity index is 653. The SMILES string of the molecule is O=C(c1cccc2cc[nH]c12)N1CCN(C2CNC2)CC1. The Hall–Kier alpha value is -1.85. The molecule has 0 aliphatic carbocycles. The first kappa shape index (κ1) is 12.9. The van der Waals surface area contributed by atoms with Gasteiger partial charge in [0, 0.05) is 56.9 Å². The minimum Gasteiger partial charge on any atom is -0.361 e. The molecule has 5 heteroatoms. The first-order valence-corrected chi connectivity index (χ1v) is 7.63. The van der Waals surface area contributed by atoms with Crippen molar-refractivity contribution in [2.75, 3.05) is 39.3 Å². The topological polar surface area (TPSA) is 51.4 Å². The lowest BCUT2D eigenvalue weighted by atomic mass is 10.1. The molecule has 0 spiro atoms. The van der Waals surface area contributed by atoms with E-state index < -0.39 is 0 Å². The van der Waals surface area contributed by atoms with E-state index in [1.54, 1.807) is 0 Å². The second-order valence-corrected chi connectivity index (χ2v) is 5.89. The van der Waals surface area contributed by atoms with Gasteiger partial charge < -0.3 is 15.2 Å². The first-order valence-electron chi connectivity index (χ1n) is 7.63. The zero-order valence-corrected chi connectivity index (χ0v) is 12.0. The summed E-state index contributed by atoms with van der Waals surface area (Å²) in [7, 11) is 0. The molecule has 2 saturated heterocycles. The lowest BCUT2D eigenvalue weighted by molar-refractivity contribution is 0.0503. The first-order chi connectivity index (χ1) is 10.3. The molecule has 1 aromatic carbocycles. The number of aromatic nitrogens is 1. The van der Waals surface area contributed by atoms with E-state index in [9.17, 15) is 4.79 Å². The average molecular weight is 284 g/mol. The Morgan fingerprint density at radius 3 is 2.62 bits per heavy atom. The summed E-state index contributed by atoms with van der Waals surface area (Å²) in [6, 6.07) is 8.59. The van der Waals surface area contributed by atoms with Crippen LogP contribution < -0.4 is 5.32 Å². The van der Waals surface area contributed by atoms with Crippen molar-refractivity contribution in [2.45, 2.75) is 6.04 Å². The van der Waals surface area contributed by atoms with Gasteiger partial charge in [-0.25, -0.2) is 0 Å². The maximum atomic E-state index is 12.7. The maximum Gasteiger partial charge on any atom is 0.256 e. The number of hydrogen-bond acceptors (Lipinski definition) is 3. The van der Waals surface area contributed by atoms with Gasteiger partial charge in [0.2, 0.25) is 0 Å². The van der Waals surface area contributed by atoms with Gasteiger partial charge in [0.15, 0.2) is 0 Å². The summed E-state index contributed by atoms with van der Waals surface area (Å²) in [6.07, 6.45) is 1.89. The number of H-pyrrole nitrogens is 1. The van der Waals surface area contributed by atoms with Gasteiger partial charge in [-0.1, -0.05) is 12.1 Å². The molecule has 2 aliphatic heterocycles. The van der Waals surface area contributed by atoms with Crippen LogP contribution in [0.15, 0.2) is 30.5 Å². The van der Waals surface area contributed by atoms with Crippen LogP contribution in [0.4, 0.5) is 0 Å². The largest absolute Gasteiger partial charge is 0.361 e. The van der Waals surface area contributed by atoms with Crippen molar-refractivity contribution in [1.82, 2.24) is 20.1 Å². The maximum absolute atomic E-state index is 12.7. The van der Waals surface area contributed by atoms with E-state index in [4.69, 9.17) is 0 Å². The van der Waals surface area contributed by atoms with Gasteiger partial charge >= 0.3 is 0 Å². The monoisotopic (exact) mass is 284 g/mol. The van der Waals surface area contributed by atoms with Crippen LogP contribution in [0.5, 0.6) is 0 Å². The number of hydrogen-bond donors (Lipinski definition) is 2. The van der Waals surface area contributed by atoms with Gasteiger partial charge in [0.1, 0.15) is 0 Å². The minimum atomic E-state index is 0.148. The van der Waals surface area contributed by atoms with E-state index in [2.05, 4.69) is 15.2 Å². The molecule has 2 fully saturated rings. The summed E-state index contributed by atoms with van der Waals surface area (Å²) in [6.45, 7) is 5.81. The fraction of sp³-hybridized carbons (Fsp3) is 0.438. The number of nitrogens with one attached hydrogen (secondary N) is 2. The fourth-order valence-corrected chi connectivity index (χ4v) is 3.26. The predicted octanol–water partition coefficient (Wildman–Crippen LogP) is 0.897. The number of nitrogens with zero attached hydrogens (tertiary/aromatic N) is 2. The number of fused-ring (bicyclic) bond motifs is 1. The van der Waals surface area contributed by atoms with Crippen LogP contribution >= 0.6 is 0 Å². The molecule has 4 rings (SSSR count). The highest BCUT2D eigenvalue weighted by molar-refractivity contribution is 6.05. The second-order valence-electron chi connectivity index (χ2n) is 5.89. The molecule has 0 radical (unpaired) electrons. The molecule has 1 amide bonds.